The van der Waals surface area contributed by atoms with E-state index in [-0.39, 0.29) is 0 Å². The Morgan fingerprint density at radius 1 is 1.00 bits per heavy atom. The fraction of sp³-hybridized carbons (Fsp3) is 0.176. The monoisotopic (exact) mass is 331 g/mol. The summed E-state index contributed by atoms with van der Waals surface area (Å²) in [6.07, 6.45) is 5.29. The summed E-state index contributed by atoms with van der Waals surface area (Å²) >= 11 is 1.30. The number of hydrogen-bond acceptors (Lipinski definition) is 3. The lowest BCUT2D eigenvalue weighted by molar-refractivity contribution is 0.589. The van der Waals surface area contributed by atoms with Gasteiger partial charge < -0.3 is 0 Å². The molecule has 0 amide bonds. The third kappa shape index (κ3) is 2.87. The third-order valence-electron chi connectivity index (χ3n) is 3.47. The molecule has 0 spiro atoms. The highest BCUT2D eigenvalue weighted by molar-refractivity contribution is 7.92. The van der Waals surface area contributed by atoms with Gasteiger partial charge in [-0.2, -0.15) is 8.42 Å². The molecule has 3 rings (SSSR count). The van der Waals surface area contributed by atoms with Crippen molar-refractivity contribution >= 4 is 21.4 Å². The largest absolute Gasteiger partial charge is 0.277 e. The summed E-state index contributed by atoms with van der Waals surface area (Å²) < 4.78 is 26.5. The molecule has 5 heteroatoms. The lowest BCUT2D eigenvalue weighted by Crippen LogP contribution is -2.08. The minimum Gasteiger partial charge on any atom is -0.248 e. The van der Waals surface area contributed by atoms with Crippen LogP contribution >= 0.6 is 11.3 Å². The summed E-state index contributed by atoms with van der Waals surface area (Å²) in [5, 5.41) is 0. The molecule has 0 saturated carbocycles. The zero-order chi connectivity index (χ0) is 15.6. The highest BCUT2D eigenvalue weighted by Crippen LogP contribution is 2.32. The van der Waals surface area contributed by atoms with Crippen LogP contribution in [0.25, 0.3) is 10.4 Å². The topological polar surface area (TPSA) is 39.1 Å². The minimum absolute atomic E-state index is 0.358. The van der Waals surface area contributed by atoms with Gasteiger partial charge >= 0.3 is 0 Å². The van der Waals surface area contributed by atoms with Crippen LogP contribution in [0, 0.1) is 0 Å². The van der Waals surface area contributed by atoms with Gasteiger partial charge in [0, 0.05) is 17.3 Å². The lowest BCUT2D eigenvalue weighted by Gasteiger charge is -2.03. The first-order valence-electron chi connectivity index (χ1n) is 7.19. The molecule has 0 aliphatic carbocycles. The predicted molar refractivity (Wildman–Crippen MR) is 90.8 cm³/mol. The van der Waals surface area contributed by atoms with E-state index in [2.05, 4.69) is 31.2 Å². The smallest absolute Gasteiger partial charge is 0.248 e. The summed E-state index contributed by atoms with van der Waals surface area (Å²) in [6, 6.07) is 15.3. The van der Waals surface area contributed by atoms with Crippen LogP contribution in [0.2, 0.25) is 0 Å². The molecule has 2 aromatic heterocycles. The molecule has 0 N–H and O–H groups in total. The van der Waals surface area contributed by atoms with E-state index in [0.717, 1.165) is 23.3 Å². The van der Waals surface area contributed by atoms with E-state index in [1.165, 1.54) is 20.9 Å². The van der Waals surface area contributed by atoms with E-state index in [4.69, 9.17) is 0 Å². The highest BCUT2D eigenvalue weighted by atomic mass is 32.2. The fourth-order valence-corrected chi connectivity index (χ4v) is 4.92. The second kappa shape index (κ2) is 6.10. The first-order chi connectivity index (χ1) is 10.6. The number of hydrogen-bond donors (Lipinski definition) is 0. The van der Waals surface area contributed by atoms with Crippen LogP contribution in [-0.2, 0) is 16.4 Å². The molecule has 1 aromatic carbocycles. The molecule has 114 valence electrons. The third-order valence-corrected chi connectivity index (χ3v) is 6.72. The number of nitrogens with zero attached hydrogens (tertiary/aromatic N) is 1. The Morgan fingerprint density at radius 3 is 2.32 bits per heavy atom. The van der Waals surface area contributed by atoms with E-state index >= 15 is 0 Å². The number of aromatic nitrogens is 1. The summed E-state index contributed by atoms with van der Waals surface area (Å²) in [5.41, 5.74) is 2.36. The maximum atomic E-state index is 12.5. The quantitative estimate of drug-likeness (QED) is 0.695. The number of thiophene rings is 1. The van der Waals surface area contributed by atoms with Crippen molar-refractivity contribution < 1.29 is 8.42 Å². The zero-order valence-corrected chi connectivity index (χ0v) is 13.9. The number of benzene rings is 1. The van der Waals surface area contributed by atoms with Gasteiger partial charge in [0.2, 0.25) is 0 Å². The van der Waals surface area contributed by atoms with Gasteiger partial charge in [0.1, 0.15) is 4.21 Å². The molecule has 0 atom stereocenters. The van der Waals surface area contributed by atoms with Crippen molar-refractivity contribution in [1.29, 1.82) is 0 Å². The van der Waals surface area contributed by atoms with Gasteiger partial charge in [0.05, 0.1) is 0 Å². The molecule has 2 heterocycles. The average Bonchev–Trinajstić information content (AvgIpc) is 3.21. The van der Waals surface area contributed by atoms with Crippen LogP contribution in [0.4, 0.5) is 0 Å². The second-order valence-corrected chi connectivity index (χ2v) is 8.24. The molecule has 0 saturated heterocycles. The van der Waals surface area contributed by atoms with Gasteiger partial charge in [-0.3, -0.25) is 0 Å². The summed E-state index contributed by atoms with van der Waals surface area (Å²) in [5.74, 6) is 0. The van der Waals surface area contributed by atoms with Gasteiger partial charge in [-0.15, -0.1) is 11.3 Å². The Kier molecular flexibility index (Phi) is 4.18. The van der Waals surface area contributed by atoms with Crippen molar-refractivity contribution in [3.63, 3.8) is 0 Å². The summed E-state index contributed by atoms with van der Waals surface area (Å²) in [6.45, 7) is 2.16. The normalized spacial score (nSPS) is 11.7. The van der Waals surface area contributed by atoms with Crippen molar-refractivity contribution in [3.05, 3.63) is 66.5 Å². The van der Waals surface area contributed by atoms with Gasteiger partial charge in [-0.05, 0) is 41.8 Å². The molecule has 0 radical (unpaired) electrons. The Labute approximate surface area is 134 Å². The Morgan fingerprint density at radius 2 is 1.68 bits per heavy atom. The molecule has 3 nitrogen and oxygen atoms in total. The molecule has 0 unspecified atom stereocenters. The second-order valence-electron chi connectivity index (χ2n) is 5.08. The Bertz CT molecular complexity index is 844. The van der Waals surface area contributed by atoms with Crippen LogP contribution in [0.1, 0.15) is 18.9 Å². The molecule has 22 heavy (non-hydrogen) atoms. The zero-order valence-electron chi connectivity index (χ0n) is 12.3. The van der Waals surface area contributed by atoms with Gasteiger partial charge in [0.25, 0.3) is 10.0 Å². The van der Waals surface area contributed by atoms with Crippen molar-refractivity contribution in [3.8, 4) is 10.4 Å². The molecular weight excluding hydrogens is 314 g/mol. The van der Waals surface area contributed by atoms with E-state index in [9.17, 15) is 8.42 Å². The number of rotatable bonds is 5. The molecule has 0 fully saturated rings. The number of aryl methyl sites for hydroxylation is 1. The van der Waals surface area contributed by atoms with E-state index in [1.807, 2.05) is 6.07 Å². The molecule has 0 bridgehead atoms. The van der Waals surface area contributed by atoms with Crippen LogP contribution in [0.15, 0.2) is 65.1 Å². The van der Waals surface area contributed by atoms with E-state index in [0.29, 0.717) is 4.21 Å². The molecular formula is C17H17NO2S2. The van der Waals surface area contributed by atoms with E-state index < -0.39 is 10.0 Å². The van der Waals surface area contributed by atoms with Gasteiger partial charge in [-0.25, -0.2) is 3.97 Å². The maximum absolute atomic E-state index is 12.5. The van der Waals surface area contributed by atoms with Crippen LogP contribution in [0.3, 0.4) is 0 Å². The van der Waals surface area contributed by atoms with Crippen molar-refractivity contribution in [1.82, 2.24) is 3.97 Å². The summed E-state index contributed by atoms with van der Waals surface area (Å²) in [4.78, 5) is 0.966. The first-order valence-corrected chi connectivity index (χ1v) is 9.44. The highest BCUT2D eigenvalue weighted by Gasteiger charge is 2.18. The first kappa shape index (κ1) is 15.1. The van der Waals surface area contributed by atoms with E-state index in [1.54, 1.807) is 30.6 Å². The van der Waals surface area contributed by atoms with Crippen molar-refractivity contribution in [2.75, 3.05) is 0 Å². The van der Waals surface area contributed by atoms with Gasteiger partial charge in [0.15, 0.2) is 0 Å². The Hall–Kier alpha value is -1.85. The predicted octanol–water partition coefficient (Wildman–Crippen LogP) is 4.41. The molecule has 0 aliphatic rings. The minimum atomic E-state index is -3.46. The maximum Gasteiger partial charge on any atom is 0.277 e. The van der Waals surface area contributed by atoms with Gasteiger partial charge in [-0.1, -0.05) is 37.6 Å². The molecule has 0 aliphatic heterocycles. The average molecular weight is 331 g/mol. The standard InChI is InChI=1S/C17H17NO2S2/c1-2-5-14-6-8-15(9-7-14)16-10-11-17(21-16)22(19,20)18-12-3-4-13-18/h3-4,6-13H,2,5H2,1H3. The van der Waals surface area contributed by atoms with Crippen molar-refractivity contribution in [2.24, 2.45) is 0 Å². The SMILES string of the molecule is CCCc1ccc(-c2ccc(S(=O)(=O)n3cccc3)s2)cc1. The van der Waals surface area contributed by atoms with Crippen LogP contribution in [0.5, 0.6) is 0 Å². The lowest BCUT2D eigenvalue weighted by atomic mass is 10.1. The summed E-state index contributed by atoms with van der Waals surface area (Å²) in [7, 11) is -3.46. The van der Waals surface area contributed by atoms with Crippen molar-refractivity contribution in [2.45, 2.75) is 24.0 Å². The molecule has 3 aromatic rings. The Balaban J connectivity index is 1.91. The van der Waals surface area contributed by atoms with Crippen LogP contribution in [-0.4, -0.2) is 12.4 Å². The van der Waals surface area contributed by atoms with Crippen LogP contribution < -0.4 is 0 Å². The fourth-order valence-electron chi connectivity index (χ4n) is 2.32.